The van der Waals surface area contributed by atoms with E-state index in [2.05, 4.69) is 17.4 Å². The van der Waals surface area contributed by atoms with Crippen LogP contribution in [0.5, 0.6) is 11.5 Å². The summed E-state index contributed by atoms with van der Waals surface area (Å²) in [4.78, 5) is 12.2. The number of nitrogens with one attached hydrogen (secondary N) is 1. The summed E-state index contributed by atoms with van der Waals surface area (Å²) in [5.74, 6) is 1.09. The normalized spacial score (nSPS) is 10.4. The molecule has 0 fully saturated rings. The maximum Gasteiger partial charge on any atom is 0.262 e. The second-order valence-electron chi connectivity index (χ2n) is 6.30. The Labute approximate surface area is 171 Å². The minimum absolute atomic E-state index is 0.0693. The summed E-state index contributed by atoms with van der Waals surface area (Å²) in [6.45, 7) is 3.53. The molecule has 29 heavy (non-hydrogen) atoms. The molecule has 3 aromatic rings. The van der Waals surface area contributed by atoms with Gasteiger partial charge in [-0.25, -0.2) is 0 Å². The van der Waals surface area contributed by atoms with Gasteiger partial charge in [0.15, 0.2) is 6.61 Å². The molecule has 0 unspecified atom stereocenters. The van der Waals surface area contributed by atoms with Crippen LogP contribution >= 0.6 is 0 Å². The van der Waals surface area contributed by atoms with Crippen LogP contribution in [0.25, 0.3) is 11.1 Å². The van der Waals surface area contributed by atoms with Gasteiger partial charge in [-0.2, -0.15) is 0 Å². The molecule has 0 aliphatic rings. The third-order valence-corrected chi connectivity index (χ3v) is 4.15. The molecule has 0 bridgehead atoms. The Hall–Kier alpha value is -3.31. The molecule has 0 aromatic heterocycles. The third kappa shape index (κ3) is 6.66. The lowest BCUT2D eigenvalue weighted by Crippen LogP contribution is -2.20. The van der Waals surface area contributed by atoms with Crippen LogP contribution in [0, 0.1) is 0 Å². The molecule has 0 aliphatic carbocycles. The Morgan fingerprint density at radius 1 is 0.793 bits per heavy atom. The molecule has 5 heteroatoms. The third-order valence-electron chi connectivity index (χ3n) is 4.15. The summed E-state index contributed by atoms with van der Waals surface area (Å²) >= 11 is 0. The van der Waals surface area contributed by atoms with Crippen LogP contribution in [0.4, 0.5) is 5.69 Å². The molecule has 0 atom stereocenters. The number of carbonyl (C=O) groups is 1. The monoisotopic (exact) mass is 391 g/mol. The first-order valence-electron chi connectivity index (χ1n) is 9.63. The van der Waals surface area contributed by atoms with E-state index in [1.807, 2.05) is 67.6 Å². The summed E-state index contributed by atoms with van der Waals surface area (Å²) in [7, 11) is 0. The highest BCUT2D eigenvalue weighted by Gasteiger charge is 2.06. The van der Waals surface area contributed by atoms with E-state index in [0.29, 0.717) is 37.0 Å². The summed E-state index contributed by atoms with van der Waals surface area (Å²) < 4.78 is 16.4. The second-order valence-corrected chi connectivity index (χ2v) is 6.30. The number of ether oxygens (including phenoxy) is 3. The molecule has 1 N–H and O–H groups in total. The molecular weight excluding hydrogens is 366 g/mol. The first-order valence-corrected chi connectivity index (χ1v) is 9.63. The maximum atomic E-state index is 12.2. The summed E-state index contributed by atoms with van der Waals surface area (Å²) in [6, 6.07) is 25.0. The fraction of sp³-hybridized carbons (Fsp3) is 0.208. The molecule has 150 valence electrons. The minimum atomic E-state index is -0.233. The number of rotatable bonds is 10. The number of benzene rings is 3. The molecule has 0 spiro atoms. The Morgan fingerprint density at radius 2 is 1.55 bits per heavy atom. The molecule has 1 amide bonds. The van der Waals surface area contributed by atoms with Crippen LogP contribution in [0.15, 0.2) is 78.9 Å². The lowest BCUT2D eigenvalue weighted by atomic mass is 10.1. The maximum absolute atomic E-state index is 12.2. The van der Waals surface area contributed by atoms with Crippen molar-refractivity contribution >= 4 is 11.6 Å². The van der Waals surface area contributed by atoms with Gasteiger partial charge < -0.3 is 19.5 Å². The van der Waals surface area contributed by atoms with Crippen molar-refractivity contribution in [2.75, 3.05) is 31.7 Å². The van der Waals surface area contributed by atoms with Crippen LogP contribution in [-0.4, -0.2) is 32.3 Å². The van der Waals surface area contributed by atoms with Gasteiger partial charge in [0, 0.05) is 18.4 Å². The van der Waals surface area contributed by atoms with Gasteiger partial charge in [-0.3, -0.25) is 4.79 Å². The molecule has 0 saturated carbocycles. The van der Waals surface area contributed by atoms with E-state index in [4.69, 9.17) is 14.2 Å². The van der Waals surface area contributed by atoms with Crippen molar-refractivity contribution in [3.05, 3.63) is 78.9 Å². The van der Waals surface area contributed by atoms with Crippen LogP contribution in [0.3, 0.4) is 0 Å². The van der Waals surface area contributed by atoms with Gasteiger partial charge in [-0.05, 0) is 42.3 Å². The number of amides is 1. The SMILES string of the molecule is CCOCCOc1cccc(NC(=O)COc2ccc(-c3ccccc3)cc2)c1. The van der Waals surface area contributed by atoms with Crippen LogP contribution in [0.2, 0.25) is 0 Å². The van der Waals surface area contributed by atoms with Crippen molar-refractivity contribution < 1.29 is 19.0 Å². The van der Waals surface area contributed by atoms with Gasteiger partial charge in [0.2, 0.25) is 0 Å². The van der Waals surface area contributed by atoms with Crippen molar-refractivity contribution in [3.63, 3.8) is 0 Å². The number of carbonyl (C=O) groups excluding carboxylic acids is 1. The average Bonchev–Trinajstić information content (AvgIpc) is 2.77. The predicted molar refractivity (Wildman–Crippen MR) is 114 cm³/mol. The Morgan fingerprint density at radius 3 is 2.31 bits per heavy atom. The predicted octanol–water partition coefficient (Wildman–Crippen LogP) is 4.79. The number of hydrogen-bond acceptors (Lipinski definition) is 4. The van der Waals surface area contributed by atoms with E-state index in [0.717, 1.165) is 11.1 Å². The average molecular weight is 391 g/mol. The quantitative estimate of drug-likeness (QED) is 0.505. The second kappa shape index (κ2) is 10.9. The van der Waals surface area contributed by atoms with Gasteiger partial charge in [0.1, 0.15) is 18.1 Å². The Balaban J connectivity index is 1.47. The smallest absolute Gasteiger partial charge is 0.262 e. The first-order chi connectivity index (χ1) is 14.2. The zero-order chi connectivity index (χ0) is 20.3. The van der Waals surface area contributed by atoms with E-state index in [1.165, 1.54) is 0 Å². The Bertz CT molecular complexity index is 894. The molecule has 0 heterocycles. The van der Waals surface area contributed by atoms with Gasteiger partial charge in [-0.15, -0.1) is 0 Å². The zero-order valence-electron chi connectivity index (χ0n) is 16.5. The van der Waals surface area contributed by atoms with Crippen LogP contribution in [0.1, 0.15) is 6.92 Å². The molecule has 0 radical (unpaired) electrons. The summed E-state index contributed by atoms with van der Waals surface area (Å²) in [5.41, 5.74) is 2.90. The molecule has 3 rings (SSSR count). The molecular formula is C24H25NO4. The fourth-order valence-electron chi connectivity index (χ4n) is 2.75. The fourth-order valence-corrected chi connectivity index (χ4v) is 2.75. The molecule has 0 aliphatic heterocycles. The molecule has 5 nitrogen and oxygen atoms in total. The largest absolute Gasteiger partial charge is 0.491 e. The van der Waals surface area contributed by atoms with E-state index >= 15 is 0 Å². The van der Waals surface area contributed by atoms with Gasteiger partial charge in [-0.1, -0.05) is 48.5 Å². The number of hydrogen-bond donors (Lipinski definition) is 1. The zero-order valence-corrected chi connectivity index (χ0v) is 16.5. The van der Waals surface area contributed by atoms with Crippen molar-refractivity contribution in [3.8, 4) is 22.6 Å². The van der Waals surface area contributed by atoms with Crippen molar-refractivity contribution in [2.24, 2.45) is 0 Å². The highest BCUT2D eigenvalue weighted by atomic mass is 16.5. The van der Waals surface area contributed by atoms with Crippen LogP contribution in [-0.2, 0) is 9.53 Å². The standard InChI is InChI=1S/C24H25NO4/c1-2-27-15-16-28-23-10-6-9-21(17-23)25-24(26)18-29-22-13-11-20(12-14-22)19-7-4-3-5-8-19/h3-14,17H,2,15-16,18H2,1H3,(H,25,26). The number of anilines is 1. The van der Waals surface area contributed by atoms with Crippen molar-refractivity contribution in [1.82, 2.24) is 0 Å². The lowest BCUT2D eigenvalue weighted by molar-refractivity contribution is -0.118. The van der Waals surface area contributed by atoms with E-state index in [1.54, 1.807) is 6.07 Å². The van der Waals surface area contributed by atoms with E-state index in [9.17, 15) is 4.79 Å². The lowest BCUT2D eigenvalue weighted by Gasteiger charge is -2.10. The summed E-state index contributed by atoms with van der Waals surface area (Å²) in [6.07, 6.45) is 0. The highest BCUT2D eigenvalue weighted by Crippen LogP contribution is 2.22. The first kappa shape index (κ1) is 20.4. The van der Waals surface area contributed by atoms with E-state index < -0.39 is 0 Å². The van der Waals surface area contributed by atoms with Gasteiger partial charge in [0.25, 0.3) is 5.91 Å². The minimum Gasteiger partial charge on any atom is -0.491 e. The topological polar surface area (TPSA) is 56.8 Å². The van der Waals surface area contributed by atoms with Crippen LogP contribution < -0.4 is 14.8 Å². The molecule has 3 aromatic carbocycles. The Kier molecular flexibility index (Phi) is 7.66. The molecule has 0 saturated heterocycles. The van der Waals surface area contributed by atoms with Crippen molar-refractivity contribution in [2.45, 2.75) is 6.92 Å². The van der Waals surface area contributed by atoms with E-state index in [-0.39, 0.29) is 12.5 Å². The van der Waals surface area contributed by atoms with Crippen molar-refractivity contribution in [1.29, 1.82) is 0 Å². The van der Waals surface area contributed by atoms with Gasteiger partial charge in [0.05, 0.1) is 6.61 Å². The summed E-state index contributed by atoms with van der Waals surface area (Å²) in [5, 5.41) is 2.82. The highest BCUT2D eigenvalue weighted by molar-refractivity contribution is 5.92. The van der Waals surface area contributed by atoms with Gasteiger partial charge >= 0.3 is 0 Å².